The summed E-state index contributed by atoms with van der Waals surface area (Å²) in [4.78, 5) is 21.5. The molecule has 0 spiro atoms. The number of aryl methyl sites for hydroxylation is 2. The van der Waals surface area contributed by atoms with Gasteiger partial charge in [0.1, 0.15) is 11.0 Å². The number of anilines is 2. The predicted octanol–water partition coefficient (Wildman–Crippen LogP) is 2.60. The van der Waals surface area contributed by atoms with Crippen LogP contribution in [0.15, 0.2) is 12.1 Å². The summed E-state index contributed by atoms with van der Waals surface area (Å²) in [6.07, 6.45) is 0.834. The van der Waals surface area contributed by atoms with E-state index in [2.05, 4.69) is 20.7 Å². The summed E-state index contributed by atoms with van der Waals surface area (Å²) in [5.41, 5.74) is 3.71. The maximum absolute atomic E-state index is 12.1. The van der Waals surface area contributed by atoms with Gasteiger partial charge in [0.05, 0.1) is 5.69 Å². The molecule has 0 aliphatic heterocycles. The molecule has 2 rings (SSSR count). The maximum Gasteiger partial charge on any atom is 0.257 e. The average Bonchev–Trinajstić information content (AvgIpc) is 2.77. The third-order valence-electron chi connectivity index (χ3n) is 2.65. The van der Waals surface area contributed by atoms with Crippen LogP contribution in [0.5, 0.6) is 0 Å². The Bertz CT molecular complexity index is 643. The van der Waals surface area contributed by atoms with Crippen LogP contribution in [-0.2, 0) is 6.42 Å². The van der Waals surface area contributed by atoms with Gasteiger partial charge in [-0.05, 0) is 25.5 Å². The zero-order valence-corrected chi connectivity index (χ0v) is 12.6. The molecule has 20 heavy (non-hydrogen) atoms. The lowest BCUT2D eigenvalue weighted by Gasteiger charge is -2.05. The second-order valence-corrected chi connectivity index (χ2v) is 5.63. The van der Waals surface area contributed by atoms with E-state index in [4.69, 9.17) is 17.4 Å². The molecule has 6 nitrogen and oxygen atoms in total. The van der Waals surface area contributed by atoms with Gasteiger partial charge in [-0.15, -0.1) is 11.3 Å². The number of nitrogen functional groups attached to an aromatic ring is 1. The third-order valence-corrected chi connectivity index (χ3v) is 3.77. The molecule has 106 valence electrons. The topological polar surface area (TPSA) is 92.9 Å². The number of aromatic nitrogens is 2. The zero-order chi connectivity index (χ0) is 14.7. The molecule has 0 saturated carbocycles. The number of hydrogen-bond acceptors (Lipinski definition) is 6. The quantitative estimate of drug-likeness (QED) is 0.458. The van der Waals surface area contributed by atoms with Crippen molar-refractivity contribution in [2.75, 3.05) is 10.7 Å². The highest BCUT2D eigenvalue weighted by Crippen LogP contribution is 2.23. The van der Waals surface area contributed by atoms with Crippen LogP contribution in [0, 0.1) is 6.92 Å². The van der Waals surface area contributed by atoms with Crippen LogP contribution in [-0.4, -0.2) is 15.9 Å². The lowest BCUT2D eigenvalue weighted by molar-refractivity contribution is 0.102. The molecule has 2 aromatic heterocycles. The number of amides is 1. The van der Waals surface area contributed by atoms with Crippen molar-refractivity contribution in [2.24, 2.45) is 5.84 Å². The summed E-state index contributed by atoms with van der Waals surface area (Å²) >= 11 is 7.27. The minimum atomic E-state index is -0.304. The Morgan fingerprint density at radius 2 is 2.20 bits per heavy atom. The van der Waals surface area contributed by atoms with Crippen LogP contribution < -0.4 is 16.6 Å². The number of nitrogens with one attached hydrogen (secondary N) is 2. The summed E-state index contributed by atoms with van der Waals surface area (Å²) in [6.45, 7) is 4.00. The van der Waals surface area contributed by atoms with E-state index in [0.717, 1.165) is 17.0 Å². The van der Waals surface area contributed by atoms with E-state index in [-0.39, 0.29) is 11.1 Å². The van der Waals surface area contributed by atoms with Gasteiger partial charge in [0, 0.05) is 10.4 Å². The molecule has 0 aliphatic rings. The van der Waals surface area contributed by atoms with Crippen molar-refractivity contribution in [2.45, 2.75) is 20.3 Å². The fourth-order valence-electron chi connectivity index (χ4n) is 1.68. The fraction of sp³-hybridized carbons (Fsp3) is 0.250. The Morgan fingerprint density at radius 3 is 2.80 bits per heavy atom. The molecule has 2 aromatic rings. The van der Waals surface area contributed by atoms with E-state index in [0.29, 0.717) is 16.5 Å². The summed E-state index contributed by atoms with van der Waals surface area (Å²) in [7, 11) is 0. The van der Waals surface area contributed by atoms with Crippen LogP contribution in [0.2, 0.25) is 5.15 Å². The SMILES string of the molecule is CCc1nc(NC(=O)c2cc(Cl)nc(NN)c2)sc1C. The molecule has 0 radical (unpaired) electrons. The van der Waals surface area contributed by atoms with Crippen molar-refractivity contribution in [3.05, 3.63) is 33.4 Å². The van der Waals surface area contributed by atoms with Gasteiger partial charge in [0.15, 0.2) is 5.13 Å². The summed E-state index contributed by atoms with van der Waals surface area (Å²) in [6, 6.07) is 2.99. The van der Waals surface area contributed by atoms with Gasteiger partial charge in [-0.25, -0.2) is 15.8 Å². The highest BCUT2D eigenvalue weighted by atomic mass is 35.5. The molecule has 1 amide bonds. The second-order valence-electron chi connectivity index (χ2n) is 4.04. The standard InChI is InChI=1S/C12H14ClN5OS/c1-3-8-6(2)20-12(15-8)17-11(19)7-4-9(13)16-10(5-7)18-14/h4-5H,3,14H2,1-2H3,(H,16,18)(H,15,17,19). The summed E-state index contributed by atoms with van der Waals surface area (Å²) in [5.74, 6) is 5.29. The van der Waals surface area contributed by atoms with Crippen molar-refractivity contribution in [1.82, 2.24) is 9.97 Å². The Morgan fingerprint density at radius 1 is 1.45 bits per heavy atom. The number of pyridine rings is 1. The minimum Gasteiger partial charge on any atom is -0.308 e. The fourth-order valence-corrected chi connectivity index (χ4v) is 2.79. The number of thiazole rings is 1. The number of nitrogens with two attached hydrogens (primary N) is 1. The van der Waals surface area contributed by atoms with Crippen LogP contribution in [0.3, 0.4) is 0 Å². The molecule has 4 N–H and O–H groups in total. The lowest BCUT2D eigenvalue weighted by Crippen LogP contribution is -2.14. The Kier molecular flexibility index (Phi) is 4.53. The van der Waals surface area contributed by atoms with E-state index in [9.17, 15) is 4.79 Å². The second kappa shape index (κ2) is 6.17. The summed E-state index contributed by atoms with van der Waals surface area (Å²) in [5, 5.41) is 3.50. The van der Waals surface area contributed by atoms with E-state index in [1.807, 2.05) is 13.8 Å². The predicted molar refractivity (Wildman–Crippen MR) is 81.2 cm³/mol. The largest absolute Gasteiger partial charge is 0.308 e. The molecule has 2 heterocycles. The third kappa shape index (κ3) is 3.24. The zero-order valence-electron chi connectivity index (χ0n) is 11.0. The van der Waals surface area contributed by atoms with E-state index >= 15 is 0 Å². The maximum atomic E-state index is 12.1. The normalized spacial score (nSPS) is 10.4. The number of nitrogens with zero attached hydrogens (tertiary/aromatic N) is 2. The first-order valence-corrected chi connectivity index (χ1v) is 7.14. The molecular formula is C12H14ClN5OS. The van der Waals surface area contributed by atoms with Gasteiger partial charge in [-0.1, -0.05) is 18.5 Å². The summed E-state index contributed by atoms with van der Waals surface area (Å²) < 4.78 is 0. The molecule has 0 aromatic carbocycles. The molecule has 0 bridgehead atoms. The van der Waals surface area contributed by atoms with Crippen molar-refractivity contribution >= 4 is 39.8 Å². The number of hydrazine groups is 1. The molecular weight excluding hydrogens is 298 g/mol. The first-order chi connectivity index (χ1) is 9.53. The van der Waals surface area contributed by atoms with Gasteiger partial charge in [0.2, 0.25) is 0 Å². The van der Waals surface area contributed by atoms with E-state index in [1.54, 1.807) is 0 Å². The first-order valence-electron chi connectivity index (χ1n) is 5.95. The van der Waals surface area contributed by atoms with E-state index < -0.39 is 0 Å². The van der Waals surface area contributed by atoms with Crippen molar-refractivity contribution < 1.29 is 4.79 Å². The van der Waals surface area contributed by atoms with Gasteiger partial charge in [0.25, 0.3) is 5.91 Å². The van der Waals surface area contributed by atoms with Gasteiger partial charge in [-0.2, -0.15) is 0 Å². The van der Waals surface area contributed by atoms with Crippen LogP contribution in [0.25, 0.3) is 0 Å². The van der Waals surface area contributed by atoms with Crippen LogP contribution >= 0.6 is 22.9 Å². The van der Waals surface area contributed by atoms with Crippen LogP contribution in [0.1, 0.15) is 27.9 Å². The van der Waals surface area contributed by atoms with Crippen molar-refractivity contribution in [1.29, 1.82) is 0 Å². The van der Waals surface area contributed by atoms with E-state index in [1.165, 1.54) is 23.5 Å². The van der Waals surface area contributed by atoms with Crippen molar-refractivity contribution in [3.8, 4) is 0 Å². The molecule has 0 saturated heterocycles. The Hall–Kier alpha value is -1.70. The highest BCUT2D eigenvalue weighted by molar-refractivity contribution is 7.15. The number of rotatable bonds is 4. The first kappa shape index (κ1) is 14.7. The van der Waals surface area contributed by atoms with Gasteiger partial charge >= 0.3 is 0 Å². The molecule has 0 fully saturated rings. The monoisotopic (exact) mass is 311 g/mol. The van der Waals surface area contributed by atoms with Gasteiger partial charge < -0.3 is 5.43 Å². The molecule has 0 atom stereocenters. The smallest absolute Gasteiger partial charge is 0.257 e. The minimum absolute atomic E-state index is 0.190. The molecule has 8 heteroatoms. The highest BCUT2D eigenvalue weighted by Gasteiger charge is 2.13. The number of halogens is 1. The lowest BCUT2D eigenvalue weighted by atomic mass is 10.2. The van der Waals surface area contributed by atoms with Gasteiger partial charge in [-0.3, -0.25) is 10.1 Å². The average molecular weight is 312 g/mol. The molecule has 0 unspecified atom stereocenters. The van der Waals surface area contributed by atoms with Crippen LogP contribution in [0.4, 0.5) is 10.9 Å². The Labute approximate surface area is 125 Å². The van der Waals surface area contributed by atoms with Crippen molar-refractivity contribution in [3.63, 3.8) is 0 Å². The Balaban J connectivity index is 2.21. The number of hydrogen-bond donors (Lipinski definition) is 3. The molecule has 0 aliphatic carbocycles. The number of carbonyl (C=O) groups is 1. The number of carbonyl (C=O) groups excluding carboxylic acids is 1.